The number of anilines is 2. The Morgan fingerprint density at radius 3 is 2.46 bits per heavy atom. The molecular weight excluding hydrogens is 346 g/mol. The highest BCUT2D eigenvalue weighted by atomic mass is 16.2. The fraction of sp³-hybridized carbons (Fsp3) is 0.375. The predicted octanol–water partition coefficient (Wildman–Crippen LogP) is 5.30. The van der Waals surface area contributed by atoms with Crippen molar-refractivity contribution in [1.82, 2.24) is 4.98 Å². The normalized spacial score (nSPS) is 14.9. The monoisotopic (exact) mass is 375 g/mol. The van der Waals surface area contributed by atoms with Crippen LogP contribution in [0.3, 0.4) is 0 Å². The molecule has 1 aromatic heterocycles. The number of nitrogens with one attached hydrogen (secondary N) is 2. The lowest BCUT2D eigenvalue weighted by Crippen LogP contribution is -2.28. The van der Waals surface area contributed by atoms with E-state index in [4.69, 9.17) is 0 Å². The minimum Gasteiger partial charge on any atom is -0.372 e. The Morgan fingerprint density at radius 2 is 1.82 bits per heavy atom. The molecule has 0 spiro atoms. The van der Waals surface area contributed by atoms with Crippen LogP contribution >= 0.6 is 0 Å². The van der Waals surface area contributed by atoms with Gasteiger partial charge in [0.1, 0.15) is 0 Å². The van der Waals surface area contributed by atoms with Crippen molar-refractivity contribution in [3.63, 3.8) is 0 Å². The molecule has 1 amide bonds. The van der Waals surface area contributed by atoms with E-state index in [0.717, 1.165) is 54.0 Å². The molecule has 0 unspecified atom stereocenters. The van der Waals surface area contributed by atoms with E-state index < -0.39 is 5.41 Å². The van der Waals surface area contributed by atoms with Gasteiger partial charge in [-0.15, -0.1) is 0 Å². The van der Waals surface area contributed by atoms with Crippen molar-refractivity contribution in [3.05, 3.63) is 59.3 Å². The maximum absolute atomic E-state index is 13.3. The van der Waals surface area contributed by atoms with Crippen LogP contribution < -0.4 is 10.2 Å². The van der Waals surface area contributed by atoms with E-state index in [1.807, 2.05) is 18.2 Å². The third-order valence-corrected chi connectivity index (χ3v) is 6.14. The Hall–Kier alpha value is -2.75. The Morgan fingerprint density at radius 1 is 1.11 bits per heavy atom. The highest BCUT2D eigenvalue weighted by molar-refractivity contribution is 6.05. The second-order valence-corrected chi connectivity index (χ2v) is 7.88. The average molecular weight is 376 g/mol. The number of carbonyl (C=O) groups is 1. The van der Waals surface area contributed by atoms with Crippen LogP contribution in [0, 0.1) is 13.8 Å². The zero-order valence-electron chi connectivity index (χ0n) is 17.2. The number of aromatic nitrogens is 1. The third kappa shape index (κ3) is 2.97. The Kier molecular flexibility index (Phi) is 4.66. The highest BCUT2D eigenvalue weighted by Gasteiger charge is 2.53. The SMILES string of the molecule is CCN(CC)c1ccc(NC(=O)C2(c3c(C)[nH]c4ccccc34)CC2)c(C)c1. The molecule has 3 aromatic rings. The van der Waals surface area contributed by atoms with Crippen molar-refractivity contribution >= 4 is 28.2 Å². The summed E-state index contributed by atoms with van der Waals surface area (Å²) in [6, 6.07) is 14.6. The lowest BCUT2D eigenvalue weighted by atomic mass is 9.92. The number of H-pyrrole nitrogens is 1. The van der Waals surface area contributed by atoms with E-state index in [2.05, 4.69) is 67.2 Å². The fourth-order valence-electron chi connectivity index (χ4n) is 4.42. The van der Waals surface area contributed by atoms with E-state index in [1.54, 1.807) is 0 Å². The van der Waals surface area contributed by atoms with Crippen molar-refractivity contribution in [2.75, 3.05) is 23.3 Å². The quantitative estimate of drug-likeness (QED) is 0.614. The maximum Gasteiger partial charge on any atom is 0.235 e. The molecule has 2 N–H and O–H groups in total. The number of aromatic amines is 1. The van der Waals surface area contributed by atoms with Gasteiger partial charge in [-0.2, -0.15) is 0 Å². The molecule has 146 valence electrons. The summed E-state index contributed by atoms with van der Waals surface area (Å²) in [7, 11) is 0. The molecule has 4 heteroatoms. The van der Waals surface area contributed by atoms with Gasteiger partial charge < -0.3 is 15.2 Å². The number of hydrogen-bond acceptors (Lipinski definition) is 2. The number of aryl methyl sites for hydroxylation is 2. The van der Waals surface area contributed by atoms with E-state index in [1.165, 1.54) is 11.1 Å². The van der Waals surface area contributed by atoms with Gasteiger partial charge in [-0.25, -0.2) is 0 Å². The lowest BCUT2D eigenvalue weighted by molar-refractivity contribution is -0.118. The minimum absolute atomic E-state index is 0.110. The van der Waals surface area contributed by atoms with Gasteiger partial charge in [-0.3, -0.25) is 4.79 Å². The molecule has 1 aliphatic carbocycles. The van der Waals surface area contributed by atoms with E-state index >= 15 is 0 Å². The Balaban J connectivity index is 1.63. The van der Waals surface area contributed by atoms with Crippen LogP contribution in [0.5, 0.6) is 0 Å². The number of nitrogens with zero attached hydrogens (tertiary/aromatic N) is 1. The molecule has 0 atom stereocenters. The number of para-hydroxylation sites is 1. The molecule has 2 aromatic carbocycles. The van der Waals surface area contributed by atoms with Gasteiger partial charge in [0.15, 0.2) is 0 Å². The first-order valence-electron chi connectivity index (χ1n) is 10.2. The van der Waals surface area contributed by atoms with Crippen molar-refractivity contribution in [2.24, 2.45) is 0 Å². The summed E-state index contributed by atoms with van der Waals surface area (Å²) in [6.45, 7) is 10.4. The highest BCUT2D eigenvalue weighted by Crippen LogP contribution is 2.52. The number of rotatable bonds is 6. The molecule has 1 saturated carbocycles. The zero-order chi connectivity index (χ0) is 19.9. The number of hydrogen-bond donors (Lipinski definition) is 2. The molecule has 1 heterocycles. The molecule has 28 heavy (non-hydrogen) atoms. The third-order valence-electron chi connectivity index (χ3n) is 6.14. The number of benzene rings is 2. The molecule has 1 aliphatic rings. The topological polar surface area (TPSA) is 48.1 Å². The lowest BCUT2D eigenvalue weighted by Gasteiger charge is -2.23. The molecule has 0 aliphatic heterocycles. The largest absolute Gasteiger partial charge is 0.372 e. The van der Waals surface area contributed by atoms with Crippen LogP contribution in [0.1, 0.15) is 43.5 Å². The molecular formula is C24H29N3O. The van der Waals surface area contributed by atoms with E-state index in [9.17, 15) is 4.79 Å². The molecule has 1 fully saturated rings. The summed E-state index contributed by atoms with van der Waals surface area (Å²) in [4.78, 5) is 19.1. The summed E-state index contributed by atoms with van der Waals surface area (Å²) in [5.41, 5.74) is 6.17. The summed E-state index contributed by atoms with van der Waals surface area (Å²) >= 11 is 0. The van der Waals surface area contributed by atoms with Gasteiger partial charge >= 0.3 is 0 Å². The van der Waals surface area contributed by atoms with Gasteiger partial charge in [0, 0.05) is 41.1 Å². The van der Waals surface area contributed by atoms with Crippen molar-refractivity contribution in [1.29, 1.82) is 0 Å². The van der Waals surface area contributed by atoms with Gasteiger partial charge in [-0.05, 0) is 75.9 Å². The smallest absolute Gasteiger partial charge is 0.235 e. The van der Waals surface area contributed by atoms with Gasteiger partial charge in [0.05, 0.1) is 5.41 Å². The zero-order valence-corrected chi connectivity index (χ0v) is 17.2. The van der Waals surface area contributed by atoms with Crippen LogP contribution in [0.15, 0.2) is 42.5 Å². The Bertz CT molecular complexity index is 1030. The van der Waals surface area contributed by atoms with Crippen LogP contribution in [-0.2, 0) is 10.2 Å². The van der Waals surface area contributed by atoms with Crippen LogP contribution in [0.25, 0.3) is 10.9 Å². The first-order valence-corrected chi connectivity index (χ1v) is 10.2. The average Bonchev–Trinajstić information content (AvgIpc) is 3.41. The molecule has 0 radical (unpaired) electrons. The van der Waals surface area contributed by atoms with Crippen molar-refractivity contribution < 1.29 is 4.79 Å². The maximum atomic E-state index is 13.3. The predicted molar refractivity (Wildman–Crippen MR) is 117 cm³/mol. The summed E-state index contributed by atoms with van der Waals surface area (Å²) in [6.07, 6.45) is 1.80. The number of amides is 1. The summed E-state index contributed by atoms with van der Waals surface area (Å²) in [5, 5.41) is 4.39. The number of fused-ring (bicyclic) bond motifs is 1. The summed E-state index contributed by atoms with van der Waals surface area (Å²) in [5.74, 6) is 0.110. The second-order valence-electron chi connectivity index (χ2n) is 7.88. The van der Waals surface area contributed by atoms with Crippen molar-refractivity contribution in [2.45, 2.75) is 46.0 Å². The molecule has 0 bridgehead atoms. The van der Waals surface area contributed by atoms with Crippen LogP contribution in [0.2, 0.25) is 0 Å². The first kappa shape index (κ1) is 18.6. The molecule has 4 nitrogen and oxygen atoms in total. The van der Waals surface area contributed by atoms with Gasteiger partial charge in [0.2, 0.25) is 5.91 Å². The van der Waals surface area contributed by atoms with Crippen LogP contribution in [-0.4, -0.2) is 24.0 Å². The number of carbonyl (C=O) groups excluding carboxylic acids is 1. The van der Waals surface area contributed by atoms with Gasteiger partial charge in [-0.1, -0.05) is 18.2 Å². The fourth-order valence-corrected chi connectivity index (χ4v) is 4.42. The van der Waals surface area contributed by atoms with Gasteiger partial charge in [0.25, 0.3) is 0 Å². The summed E-state index contributed by atoms with van der Waals surface area (Å²) < 4.78 is 0. The van der Waals surface area contributed by atoms with E-state index in [-0.39, 0.29) is 5.91 Å². The van der Waals surface area contributed by atoms with Crippen molar-refractivity contribution in [3.8, 4) is 0 Å². The van der Waals surface area contributed by atoms with Crippen LogP contribution in [0.4, 0.5) is 11.4 Å². The molecule has 0 saturated heterocycles. The minimum atomic E-state index is -0.409. The van der Waals surface area contributed by atoms with E-state index in [0.29, 0.717) is 0 Å². The second kappa shape index (κ2) is 7.01. The Labute approximate surface area is 166 Å². The molecule has 4 rings (SSSR count). The standard InChI is InChI=1S/C24H29N3O/c1-5-27(6-2)18-11-12-20(16(3)15-18)26-23(28)24(13-14-24)22-17(4)25-21-10-8-7-9-19(21)22/h7-12,15,25H,5-6,13-14H2,1-4H3,(H,26,28). The first-order chi connectivity index (χ1) is 13.5.